The highest BCUT2D eigenvalue weighted by Crippen LogP contribution is 2.25. The monoisotopic (exact) mass is 426 g/mol. The normalized spacial score (nSPS) is 12.9. The third-order valence-corrected chi connectivity index (χ3v) is 5.34. The molecule has 0 atom stereocenters. The van der Waals surface area contributed by atoms with E-state index in [0.717, 1.165) is 5.56 Å². The summed E-state index contributed by atoms with van der Waals surface area (Å²) in [5.41, 5.74) is 3.00. The van der Waals surface area contributed by atoms with Crippen LogP contribution in [0.2, 0.25) is 0 Å². The Balaban J connectivity index is 1.27. The number of imide groups is 1. The topological polar surface area (TPSA) is 89.7 Å². The number of carbonyl (C=O) groups excluding carboxylic acids is 3. The SMILES string of the molecule is O=C(OCc1nc2ccccc2o1)c1ccc2c(c1)C(=O)N(CCc1ccccc1)C2=O. The van der Waals surface area contributed by atoms with Crippen molar-refractivity contribution < 1.29 is 23.5 Å². The molecular formula is C25H18N2O5. The molecule has 7 nitrogen and oxygen atoms in total. The minimum atomic E-state index is -0.627. The van der Waals surface area contributed by atoms with Crippen LogP contribution in [0.1, 0.15) is 42.5 Å². The molecule has 1 aromatic heterocycles. The molecule has 5 rings (SSSR count). The van der Waals surface area contributed by atoms with E-state index in [9.17, 15) is 14.4 Å². The number of nitrogens with zero attached hydrogens (tertiary/aromatic N) is 2. The van der Waals surface area contributed by atoms with Crippen LogP contribution in [-0.2, 0) is 17.8 Å². The van der Waals surface area contributed by atoms with Crippen molar-refractivity contribution in [3.63, 3.8) is 0 Å². The van der Waals surface area contributed by atoms with Crippen LogP contribution < -0.4 is 0 Å². The van der Waals surface area contributed by atoms with Crippen LogP contribution in [-0.4, -0.2) is 34.2 Å². The number of hydrogen-bond donors (Lipinski definition) is 0. The van der Waals surface area contributed by atoms with E-state index < -0.39 is 11.9 Å². The predicted molar refractivity (Wildman–Crippen MR) is 115 cm³/mol. The number of benzene rings is 3. The number of amides is 2. The van der Waals surface area contributed by atoms with Gasteiger partial charge in [0.1, 0.15) is 5.52 Å². The van der Waals surface area contributed by atoms with Gasteiger partial charge in [-0.25, -0.2) is 9.78 Å². The number of aromatic nitrogens is 1. The fourth-order valence-electron chi connectivity index (χ4n) is 3.70. The molecule has 1 aliphatic heterocycles. The van der Waals surface area contributed by atoms with Crippen LogP contribution >= 0.6 is 0 Å². The molecule has 0 aliphatic carbocycles. The van der Waals surface area contributed by atoms with E-state index in [1.165, 1.54) is 23.1 Å². The zero-order valence-electron chi connectivity index (χ0n) is 17.0. The van der Waals surface area contributed by atoms with Gasteiger partial charge in [-0.1, -0.05) is 42.5 Å². The molecule has 2 heterocycles. The van der Waals surface area contributed by atoms with Crippen LogP contribution in [0.25, 0.3) is 11.1 Å². The third-order valence-electron chi connectivity index (χ3n) is 5.34. The Bertz CT molecular complexity index is 1310. The summed E-state index contributed by atoms with van der Waals surface area (Å²) < 4.78 is 10.8. The summed E-state index contributed by atoms with van der Waals surface area (Å²) in [6.07, 6.45) is 0.561. The molecular weight excluding hydrogens is 408 g/mol. The number of fused-ring (bicyclic) bond motifs is 2. The van der Waals surface area contributed by atoms with E-state index in [2.05, 4.69) is 4.98 Å². The standard InChI is InChI=1S/C25H18N2O5/c28-23-18-11-10-17(25(30)31-15-22-26-20-8-4-5-9-21(20)32-22)14-19(18)24(29)27(23)13-12-16-6-2-1-3-7-16/h1-11,14H,12-13,15H2. The average molecular weight is 426 g/mol. The van der Waals surface area contributed by atoms with Gasteiger partial charge in [0.25, 0.3) is 11.8 Å². The molecule has 4 aromatic rings. The minimum absolute atomic E-state index is 0.138. The molecule has 3 aromatic carbocycles. The predicted octanol–water partition coefficient (Wildman–Crippen LogP) is 4.02. The van der Waals surface area contributed by atoms with E-state index in [0.29, 0.717) is 23.1 Å². The number of oxazole rings is 1. The Kier molecular flexibility index (Phi) is 4.99. The van der Waals surface area contributed by atoms with E-state index in [1.807, 2.05) is 42.5 Å². The van der Waals surface area contributed by atoms with Gasteiger partial charge in [-0.05, 0) is 42.3 Å². The van der Waals surface area contributed by atoms with Gasteiger partial charge in [-0.15, -0.1) is 0 Å². The lowest BCUT2D eigenvalue weighted by atomic mass is 10.1. The number of ether oxygens (including phenoxy) is 1. The van der Waals surface area contributed by atoms with Gasteiger partial charge >= 0.3 is 5.97 Å². The van der Waals surface area contributed by atoms with E-state index in [-0.39, 0.29) is 36.1 Å². The van der Waals surface area contributed by atoms with Crippen molar-refractivity contribution in [2.24, 2.45) is 0 Å². The molecule has 0 bridgehead atoms. The second-order valence-electron chi connectivity index (χ2n) is 7.41. The smallest absolute Gasteiger partial charge is 0.338 e. The lowest BCUT2D eigenvalue weighted by molar-refractivity contribution is 0.0440. The highest BCUT2D eigenvalue weighted by molar-refractivity contribution is 6.22. The first kappa shape index (κ1) is 19.7. The summed E-state index contributed by atoms with van der Waals surface area (Å²) in [5.74, 6) is -1.11. The molecule has 0 unspecified atom stereocenters. The molecule has 0 saturated heterocycles. The molecule has 0 spiro atoms. The third kappa shape index (κ3) is 3.65. The number of para-hydroxylation sites is 2. The van der Waals surface area contributed by atoms with Crippen molar-refractivity contribution in [1.82, 2.24) is 9.88 Å². The summed E-state index contributed by atoms with van der Waals surface area (Å²) >= 11 is 0. The first-order chi connectivity index (χ1) is 15.6. The maximum atomic E-state index is 12.8. The van der Waals surface area contributed by atoms with Crippen molar-refractivity contribution in [1.29, 1.82) is 0 Å². The van der Waals surface area contributed by atoms with Crippen LogP contribution in [0, 0.1) is 0 Å². The lowest BCUT2D eigenvalue weighted by Gasteiger charge is -2.13. The number of carbonyl (C=O) groups is 3. The largest absolute Gasteiger partial charge is 0.452 e. The second kappa shape index (κ2) is 8.11. The Morgan fingerprint density at radius 3 is 2.47 bits per heavy atom. The number of rotatable bonds is 6. The zero-order chi connectivity index (χ0) is 22.1. The molecule has 0 radical (unpaired) electrons. The lowest BCUT2D eigenvalue weighted by Crippen LogP contribution is -2.31. The highest BCUT2D eigenvalue weighted by Gasteiger charge is 2.35. The Morgan fingerprint density at radius 2 is 1.66 bits per heavy atom. The van der Waals surface area contributed by atoms with Gasteiger partial charge in [0.05, 0.1) is 16.7 Å². The fourth-order valence-corrected chi connectivity index (χ4v) is 3.70. The van der Waals surface area contributed by atoms with Gasteiger partial charge in [0.15, 0.2) is 12.2 Å². The summed E-state index contributed by atoms with van der Waals surface area (Å²) in [5, 5.41) is 0. The van der Waals surface area contributed by atoms with Crippen LogP contribution in [0.5, 0.6) is 0 Å². The fraction of sp³-hybridized carbons (Fsp3) is 0.120. The van der Waals surface area contributed by atoms with Crippen molar-refractivity contribution in [2.75, 3.05) is 6.54 Å². The first-order valence-corrected chi connectivity index (χ1v) is 10.2. The van der Waals surface area contributed by atoms with Crippen molar-refractivity contribution in [3.8, 4) is 0 Å². The van der Waals surface area contributed by atoms with Crippen LogP contribution in [0.3, 0.4) is 0 Å². The summed E-state index contributed by atoms with van der Waals surface area (Å²) in [4.78, 5) is 43.5. The van der Waals surface area contributed by atoms with Crippen LogP contribution in [0.15, 0.2) is 77.2 Å². The minimum Gasteiger partial charge on any atom is -0.452 e. The molecule has 0 saturated carbocycles. The second-order valence-corrected chi connectivity index (χ2v) is 7.41. The van der Waals surface area contributed by atoms with Gasteiger partial charge in [0, 0.05) is 6.54 Å². The van der Waals surface area contributed by atoms with Gasteiger partial charge < -0.3 is 9.15 Å². The number of esters is 1. The molecule has 0 N–H and O–H groups in total. The molecule has 32 heavy (non-hydrogen) atoms. The quantitative estimate of drug-likeness (QED) is 0.342. The molecule has 0 fully saturated rings. The van der Waals surface area contributed by atoms with Crippen molar-refractivity contribution in [2.45, 2.75) is 13.0 Å². The van der Waals surface area contributed by atoms with E-state index in [1.54, 1.807) is 12.1 Å². The molecule has 2 amide bonds. The highest BCUT2D eigenvalue weighted by atomic mass is 16.5. The van der Waals surface area contributed by atoms with Crippen molar-refractivity contribution >= 4 is 28.9 Å². The van der Waals surface area contributed by atoms with Gasteiger partial charge in [0.2, 0.25) is 5.89 Å². The summed E-state index contributed by atoms with van der Waals surface area (Å²) in [6, 6.07) is 21.3. The number of hydrogen-bond acceptors (Lipinski definition) is 6. The Hall–Kier alpha value is -4.26. The molecule has 1 aliphatic rings. The summed E-state index contributed by atoms with van der Waals surface area (Å²) in [7, 11) is 0. The van der Waals surface area contributed by atoms with Gasteiger partial charge in [-0.2, -0.15) is 0 Å². The van der Waals surface area contributed by atoms with E-state index in [4.69, 9.17) is 9.15 Å². The van der Waals surface area contributed by atoms with Gasteiger partial charge in [-0.3, -0.25) is 14.5 Å². The Morgan fingerprint density at radius 1 is 0.906 bits per heavy atom. The van der Waals surface area contributed by atoms with E-state index >= 15 is 0 Å². The maximum Gasteiger partial charge on any atom is 0.338 e. The maximum absolute atomic E-state index is 12.8. The van der Waals surface area contributed by atoms with Crippen LogP contribution in [0.4, 0.5) is 0 Å². The summed E-state index contributed by atoms with van der Waals surface area (Å²) in [6.45, 7) is 0.133. The Labute approximate surface area is 183 Å². The first-order valence-electron chi connectivity index (χ1n) is 10.2. The van der Waals surface area contributed by atoms with Crippen molar-refractivity contribution in [3.05, 3.63) is 101 Å². The molecule has 158 valence electrons. The average Bonchev–Trinajstić information content (AvgIpc) is 3.35. The zero-order valence-corrected chi connectivity index (χ0v) is 17.0. The molecule has 7 heteroatoms.